The van der Waals surface area contributed by atoms with Crippen LogP contribution in [-0.2, 0) is 6.42 Å². The number of rotatable bonds is 0. The molecule has 3 N–H and O–H groups in total. The minimum absolute atomic E-state index is 0.0482. The zero-order valence-corrected chi connectivity index (χ0v) is 17.9. The second-order valence-electron chi connectivity index (χ2n) is 9.74. The molecule has 3 heterocycles. The molecule has 1 aliphatic carbocycles. The predicted octanol–water partition coefficient (Wildman–Crippen LogP) is 5.11. The highest BCUT2D eigenvalue weighted by Crippen LogP contribution is 2.54. The van der Waals surface area contributed by atoms with Gasteiger partial charge in [-0.25, -0.2) is 0 Å². The SMILES string of the molecule is CC1(C)CC=C[C@]2(C)Oc3c(O)cc4oc5c(=O)c6c(O)cc(O)cc6oc5c4c3C[C@H]12. The van der Waals surface area contributed by atoms with Gasteiger partial charge in [-0.2, -0.15) is 0 Å². The van der Waals surface area contributed by atoms with Crippen molar-refractivity contribution in [1.29, 1.82) is 0 Å². The summed E-state index contributed by atoms with van der Waals surface area (Å²) in [7, 11) is 0. The number of aromatic hydroxyl groups is 3. The fourth-order valence-electron chi connectivity index (χ4n) is 5.59. The van der Waals surface area contributed by atoms with Crippen LogP contribution in [0.15, 0.2) is 44.0 Å². The first-order valence-electron chi connectivity index (χ1n) is 10.6. The van der Waals surface area contributed by atoms with E-state index >= 15 is 0 Å². The van der Waals surface area contributed by atoms with Crippen molar-refractivity contribution in [3.8, 4) is 23.0 Å². The molecule has 2 aromatic heterocycles. The first kappa shape index (κ1) is 19.1. The van der Waals surface area contributed by atoms with Gasteiger partial charge in [0.05, 0.1) is 5.39 Å². The van der Waals surface area contributed by atoms with Crippen LogP contribution >= 0.6 is 0 Å². The molecule has 4 aromatic rings. The fourth-order valence-corrected chi connectivity index (χ4v) is 5.59. The topological polar surface area (TPSA) is 113 Å². The molecule has 2 aliphatic rings. The fraction of sp³-hybridized carbons (Fsp3) is 0.320. The van der Waals surface area contributed by atoms with Crippen molar-refractivity contribution in [3.63, 3.8) is 0 Å². The molecular formula is C25H22O7. The van der Waals surface area contributed by atoms with Gasteiger partial charge < -0.3 is 28.9 Å². The van der Waals surface area contributed by atoms with Crippen molar-refractivity contribution in [1.82, 2.24) is 0 Å². The van der Waals surface area contributed by atoms with E-state index in [2.05, 4.69) is 26.0 Å². The molecule has 0 spiro atoms. The predicted molar refractivity (Wildman–Crippen MR) is 119 cm³/mol. The Bertz CT molecular complexity index is 1550. The highest BCUT2D eigenvalue weighted by molar-refractivity contribution is 6.08. The first-order valence-corrected chi connectivity index (χ1v) is 10.6. The van der Waals surface area contributed by atoms with Gasteiger partial charge >= 0.3 is 0 Å². The quantitative estimate of drug-likeness (QED) is 0.330. The number of hydrogen-bond donors (Lipinski definition) is 3. The van der Waals surface area contributed by atoms with E-state index in [1.54, 1.807) is 0 Å². The van der Waals surface area contributed by atoms with Crippen LogP contribution in [0.4, 0.5) is 0 Å². The summed E-state index contributed by atoms with van der Waals surface area (Å²) < 4.78 is 18.2. The lowest BCUT2D eigenvalue weighted by atomic mass is 9.61. The van der Waals surface area contributed by atoms with Gasteiger partial charge in [-0.1, -0.05) is 19.9 Å². The van der Waals surface area contributed by atoms with Gasteiger partial charge in [-0.15, -0.1) is 0 Å². The molecule has 0 fully saturated rings. The molecule has 1 aliphatic heterocycles. The lowest BCUT2D eigenvalue weighted by molar-refractivity contribution is -0.0190. The minimum atomic E-state index is -0.579. The largest absolute Gasteiger partial charge is 0.508 e. The lowest BCUT2D eigenvalue weighted by Gasteiger charge is -2.50. The van der Waals surface area contributed by atoms with Gasteiger partial charge in [0.1, 0.15) is 33.7 Å². The van der Waals surface area contributed by atoms with Crippen LogP contribution in [0, 0.1) is 11.3 Å². The summed E-state index contributed by atoms with van der Waals surface area (Å²) >= 11 is 0. The van der Waals surface area contributed by atoms with Crippen molar-refractivity contribution < 1.29 is 28.9 Å². The Labute approximate surface area is 182 Å². The monoisotopic (exact) mass is 434 g/mol. The zero-order chi connectivity index (χ0) is 22.6. The van der Waals surface area contributed by atoms with E-state index in [0.717, 1.165) is 18.1 Å². The first-order chi connectivity index (χ1) is 15.1. The van der Waals surface area contributed by atoms with Crippen molar-refractivity contribution in [3.05, 3.63) is 46.1 Å². The standard InChI is InChI=1S/C25H22O7/c1-24(2)5-4-6-25(3)17(24)9-12-18-16(10-14(28)21(12)32-25)31-23-20(29)19-13(27)7-11(26)8-15(19)30-22(18)23/h4,6-8,10,17,26-28H,5,9H2,1-3H3/t17-,25+/m1/s1. The molecule has 0 amide bonds. The summed E-state index contributed by atoms with van der Waals surface area (Å²) in [5, 5.41) is 31.3. The molecule has 0 unspecified atom stereocenters. The Morgan fingerprint density at radius 2 is 1.66 bits per heavy atom. The van der Waals surface area contributed by atoms with Crippen molar-refractivity contribution >= 4 is 33.1 Å². The second kappa shape index (κ2) is 5.79. The zero-order valence-electron chi connectivity index (χ0n) is 17.9. The highest BCUT2D eigenvalue weighted by Gasteiger charge is 2.50. The molecule has 32 heavy (non-hydrogen) atoms. The Kier molecular flexibility index (Phi) is 3.46. The van der Waals surface area contributed by atoms with Crippen LogP contribution in [0.5, 0.6) is 23.0 Å². The molecular weight excluding hydrogens is 412 g/mol. The minimum Gasteiger partial charge on any atom is -0.508 e. The molecule has 2 aromatic carbocycles. The van der Waals surface area contributed by atoms with E-state index < -0.39 is 16.8 Å². The Morgan fingerprint density at radius 3 is 2.44 bits per heavy atom. The summed E-state index contributed by atoms with van der Waals surface area (Å²) in [5.41, 5.74) is 0.0305. The summed E-state index contributed by atoms with van der Waals surface area (Å²) in [6.07, 6.45) is 5.67. The normalized spacial score (nSPS) is 23.9. The maximum atomic E-state index is 13.1. The molecule has 0 saturated heterocycles. The number of hydrogen-bond acceptors (Lipinski definition) is 7. The van der Waals surface area contributed by atoms with E-state index in [-0.39, 0.29) is 45.0 Å². The summed E-state index contributed by atoms with van der Waals surface area (Å²) in [5.74, 6) is -0.221. The molecule has 164 valence electrons. The third-order valence-corrected chi connectivity index (χ3v) is 7.14. The number of fused-ring (bicyclic) bond motifs is 7. The van der Waals surface area contributed by atoms with Crippen LogP contribution in [0.2, 0.25) is 0 Å². The lowest BCUT2D eigenvalue weighted by Crippen LogP contribution is -2.51. The van der Waals surface area contributed by atoms with Crippen LogP contribution in [0.3, 0.4) is 0 Å². The molecule has 0 radical (unpaired) electrons. The number of allylic oxidation sites excluding steroid dienone is 1. The maximum Gasteiger partial charge on any atom is 0.239 e. The Morgan fingerprint density at radius 1 is 0.938 bits per heavy atom. The number of furan rings is 1. The van der Waals surface area contributed by atoms with Crippen molar-refractivity contribution in [2.45, 2.75) is 39.2 Å². The van der Waals surface area contributed by atoms with Gasteiger partial charge in [0.2, 0.25) is 11.0 Å². The average molecular weight is 434 g/mol. The Hall–Kier alpha value is -3.61. The van der Waals surface area contributed by atoms with E-state index in [1.807, 2.05) is 6.92 Å². The number of phenols is 3. The summed E-state index contributed by atoms with van der Waals surface area (Å²) in [6, 6.07) is 3.78. The van der Waals surface area contributed by atoms with Crippen LogP contribution in [0.1, 0.15) is 32.8 Å². The van der Waals surface area contributed by atoms with Crippen LogP contribution < -0.4 is 10.2 Å². The smallest absolute Gasteiger partial charge is 0.239 e. The maximum absolute atomic E-state index is 13.1. The molecule has 6 rings (SSSR count). The van der Waals surface area contributed by atoms with Crippen LogP contribution in [-0.4, -0.2) is 20.9 Å². The number of ether oxygens (including phenoxy) is 1. The summed E-state index contributed by atoms with van der Waals surface area (Å²) in [4.78, 5) is 13.1. The second-order valence-corrected chi connectivity index (χ2v) is 9.74. The molecule has 7 heteroatoms. The average Bonchev–Trinajstić information content (AvgIpc) is 3.05. The molecule has 0 bridgehead atoms. The number of phenolic OH excluding ortho intramolecular Hbond substituents is 3. The molecule has 2 atom stereocenters. The third kappa shape index (κ3) is 2.33. The Balaban J connectivity index is 1.72. The van der Waals surface area contributed by atoms with E-state index in [0.29, 0.717) is 23.1 Å². The van der Waals surface area contributed by atoms with E-state index in [9.17, 15) is 20.1 Å². The van der Waals surface area contributed by atoms with Gasteiger partial charge in [0.25, 0.3) is 0 Å². The van der Waals surface area contributed by atoms with Crippen LogP contribution in [0.25, 0.3) is 33.1 Å². The van der Waals surface area contributed by atoms with Gasteiger partial charge in [0, 0.05) is 29.7 Å². The molecule has 7 nitrogen and oxygen atoms in total. The van der Waals surface area contributed by atoms with Crippen molar-refractivity contribution in [2.24, 2.45) is 11.3 Å². The van der Waals surface area contributed by atoms with E-state index in [4.69, 9.17) is 13.6 Å². The number of benzene rings is 2. The van der Waals surface area contributed by atoms with E-state index in [1.165, 1.54) is 12.1 Å². The van der Waals surface area contributed by atoms with Gasteiger partial charge in [-0.3, -0.25) is 4.79 Å². The highest BCUT2D eigenvalue weighted by atomic mass is 16.5. The van der Waals surface area contributed by atoms with Gasteiger partial charge in [-0.05, 0) is 31.3 Å². The van der Waals surface area contributed by atoms with Crippen molar-refractivity contribution in [2.75, 3.05) is 0 Å². The van der Waals surface area contributed by atoms with Gasteiger partial charge in [0.15, 0.2) is 17.1 Å². The molecule has 0 saturated carbocycles. The summed E-state index contributed by atoms with van der Waals surface area (Å²) in [6.45, 7) is 6.41. The third-order valence-electron chi connectivity index (χ3n) is 7.14.